The van der Waals surface area contributed by atoms with Gasteiger partial charge in [-0.05, 0) is 49.9 Å². The van der Waals surface area contributed by atoms with Gasteiger partial charge in [0.05, 0.1) is 6.10 Å². The quantitative estimate of drug-likeness (QED) is 0.853. The summed E-state index contributed by atoms with van der Waals surface area (Å²) in [5.74, 6) is 0.854. The van der Waals surface area contributed by atoms with E-state index in [1.807, 2.05) is 0 Å². The van der Waals surface area contributed by atoms with Gasteiger partial charge in [0, 0.05) is 36.6 Å². The third-order valence-corrected chi connectivity index (χ3v) is 5.17. The van der Waals surface area contributed by atoms with Crippen molar-refractivity contribution in [2.75, 3.05) is 19.8 Å². The van der Waals surface area contributed by atoms with E-state index in [0.717, 1.165) is 25.7 Å². The maximum Gasteiger partial charge on any atom is 0.223 e. The number of carbonyl (C=O) groups is 1. The molecular weight excluding hydrogens is 330 g/mol. The van der Waals surface area contributed by atoms with Gasteiger partial charge in [0.1, 0.15) is 11.9 Å². The van der Waals surface area contributed by atoms with Crippen molar-refractivity contribution in [3.8, 4) is 5.75 Å². The van der Waals surface area contributed by atoms with Crippen LogP contribution in [0.3, 0.4) is 0 Å². The van der Waals surface area contributed by atoms with Crippen LogP contribution in [0, 0.1) is 11.8 Å². The number of hydrogen-bond donors (Lipinski definition) is 2. The summed E-state index contributed by atoms with van der Waals surface area (Å²) in [4.78, 5) is 12.2. The highest BCUT2D eigenvalue weighted by atomic mass is 35.5. The Balaban J connectivity index is 1.46. The van der Waals surface area contributed by atoms with Gasteiger partial charge < -0.3 is 19.9 Å². The number of halogens is 1. The molecule has 2 fully saturated rings. The lowest BCUT2D eigenvalue weighted by Gasteiger charge is -2.24. The minimum Gasteiger partial charge on any atom is -0.488 e. The van der Waals surface area contributed by atoms with Crippen molar-refractivity contribution in [3.05, 3.63) is 29.3 Å². The Labute approximate surface area is 147 Å². The van der Waals surface area contributed by atoms with E-state index in [1.165, 1.54) is 0 Å². The second kappa shape index (κ2) is 8.19. The van der Waals surface area contributed by atoms with Gasteiger partial charge in [0.15, 0.2) is 0 Å². The van der Waals surface area contributed by atoms with Crippen LogP contribution in [-0.2, 0) is 9.53 Å². The molecule has 0 bridgehead atoms. The molecule has 1 saturated carbocycles. The molecule has 0 spiro atoms. The molecule has 1 amide bonds. The molecule has 1 saturated heterocycles. The van der Waals surface area contributed by atoms with Gasteiger partial charge in [-0.2, -0.15) is 0 Å². The predicted octanol–water partition coefficient (Wildman–Crippen LogP) is 2.40. The van der Waals surface area contributed by atoms with Gasteiger partial charge in [-0.3, -0.25) is 4.79 Å². The molecule has 3 rings (SSSR count). The summed E-state index contributed by atoms with van der Waals surface area (Å²) in [6.07, 6.45) is 2.37. The highest BCUT2D eigenvalue weighted by molar-refractivity contribution is 6.30. The van der Waals surface area contributed by atoms with E-state index >= 15 is 0 Å². The summed E-state index contributed by atoms with van der Waals surface area (Å²) in [5, 5.41) is 14.1. The van der Waals surface area contributed by atoms with Gasteiger partial charge >= 0.3 is 0 Å². The fourth-order valence-corrected chi connectivity index (χ4v) is 3.52. The van der Waals surface area contributed by atoms with E-state index in [2.05, 4.69) is 5.32 Å². The maximum atomic E-state index is 12.2. The van der Waals surface area contributed by atoms with E-state index in [9.17, 15) is 9.90 Å². The summed E-state index contributed by atoms with van der Waals surface area (Å²) in [6.45, 7) is 1.81. The number of benzene rings is 1. The molecule has 132 valence electrons. The second-order valence-corrected chi connectivity index (χ2v) is 7.01. The molecule has 1 aromatic rings. The number of aliphatic hydroxyl groups is 1. The number of nitrogens with one attached hydrogen (secondary N) is 1. The first-order chi connectivity index (χ1) is 11.6. The zero-order valence-corrected chi connectivity index (χ0v) is 14.4. The minimum absolute atomic E-state index is 0.0334. The molecular formula is C18H24ClNO4. The van der Waals surface area contributed by atoms with E-state index in [0.29, 0.717) is 30.5 Å². The highest BCUT2D eigenvalue weighted by Gasteiger charge is 2.36. The highest BCUT2D eigenvalue weighted by Crippen LogP contribution is 2.30. The molecule has 6 heteroatoms. The number of aliphatic hydroxyl groups excluding tert-OH is 1. The van der Waals surface area contributed by atoms with Crippen molar-refractivity contribution in [1.29, 1.82) is 0 Å². The summed E-state index contributed by atoms with van der Waals surface area (Å²) in [7, 11) is 0. The van der Waals surface area contributed by atoms with Gasteiger partial charge in [0.25, 0.3) is 0 Å². The Kier molecular flexibility index (Phi) is 5.98. The summed E-state index contributed by atoms with van der Waals surface area (Å²) < 4.78 is 11.1. The van der Waals surface area contributed by atoms with Crippen molar-refractivity contribution in [2.24, 2.45) is 11.8 Å². The van der Waals surface area contributed by atoms with E-state index in [-0.39, 0.29) is 23.8 Å². The average Bonchev–Trinajstić information content (AvgIpc) is 2.95. The summed E-state index contributed by atoms with van der Waals surface area (Å²) in [6, 6.07) is 7.14. The summed E-state index contributed by atoms with van der Waals surface area (Å²) in [5.41, 5.74) is 0. The standard InChI is InChI=1S/C18H24ClNO4/c19-14-2-4-15(5-3-14)24-16-6-1-13(17(16)21)11-20-18(22)12-7-9-23-10-8-12/h2-5,12-13,16-17,21H,1,6-11H2,(H,20,22)/t13-,16-,17-/m1/s1. The predicted molar refractivity (Wildman–Crippen MR) is 91.2 cm³/mol. The average molecular weight is 354 g/mol. The monoisotopic (exact) mass is 353 g/mol. The Bertz CT molecular complexity index is 544. The zero-order chi connectivity index (χ0) is 16.9. The molecule has 1 heterocycles. The van der Waals surface area contributed by atoms with E-state index in [1.54, 1.807) is 24.3 Å². The number of ether oxygens (including phenoxy) is 2. The van der Waals surface area contributed by atoms with Gasteiger partial charge in [-0.25, -0.2) is 0 Å². The van der Waals surface area contributed by atoms with Gasteiger partial charge in [-0.15, -0.1) is 0 Å². The number of rotatable bonds is 5. The minimum atomic E-state index is -0.573. The van der Waals surface area contributed by atoms with Crippen molar-refractivity contribution < 1.29 is 19.4 Å². The van der Waals surface area contributed by atoms with Crippen molar-refractivity contribution in [1.82, 2.24) is 5.32 Å². The van der Waals surface area contributed by atoms with E-state index < -0.39 is 6.10 Å². The number of carbonyl (C=O) groups excluding carboxylic acids is 1. The van der Waals surface area contributed by atoms with Crippen LogP contribution in [0.2, 0.25) is 5.02 Å². The van der Waals surface area contributed by atoms with Crippen LogP contribution in [0.5, 0.6) is 5.75 Å². The normalized spacial score (nSPS) is 27.8. The van der Waals surface area contributed by atoms with Crippen LogP contribution in [0.4, 0.5) is 0 Å². The lowest BCUT2D eigenvalue weighted by Crippen LogP contribution is -2.40. The topological polar surface area (TPSA) is 67.8 Å². The third kappa shape index (κ3) is 4.41. The van der Waals surface area contributed by atoms with Gasteiger partial charge in [0.2, 0.25) is 5.91 Å². The van der Waals surface area contributed by atoms with Crippen LogP contribution < -0.4 is 10.1 Å². The van der Waals surface area contributed by atoms with Crippen LogP contribution in [0.1, 0.15) is 25.7 Å². The molecule has 1 aromatic carbocycles. The summed E-state index contributed by atoms with van der Waals surface area (Å²) >= 11 is 5.86. The van der Waals surface area contributed by atoms with Crippen molar-refractivity contribution in [3.63, 3.8) is 0 Å². The first kappa shape index (κ1) is 17.5. The fraction of sp³-hybridized carbons (Fsp3) is 0.611. The molecule has 0 radical (unpaired) electrons. The first-order valence-corrected chi connectivity index (χ1v) is 8.97. The smallest absolute Gasteiger partial charge is 0.223 e. The molecule has 3 atom stereocenters. The molecule has 5 nitrogen and oxygen atoms in total. The van der Waals surface area contributed by atoms with Crippen LogP contribution >= 0.6 is 11.6 Å². The number of amides is 1. The first-order valence-electron chi connectivity index (χ1n) is 8.59. The lowest BCUT2D eigenvalue weighted by molar-refractivity contribution is -0.128. The Morgan fingerprint density at radius 2 is 1.92 bits per heavy atom. The van der Waals surface area contributed by atoms with Crippen LogP contribution in [0.25, 0.3) is 0 Å². The molecule has 0 aromatic heterocycles. The van der Waals surface area contributed by atoms with E-state index in [4.69, 9.17) is 21.1 Å². The number of hydrogen-bond acceptors (Lipinski definition) is 4. The van der Waals surface area contributed by atoms with Crippen LogP contribution in [0.15, 0.2) is 24.3 Å². The van der Waals surface area contributed by atoms with Crippen molar-refractivity contribution in [2.45, 2.75) is 37.9 Å². The fourth-order valence-electron chi connectivity index (χ4n) is 3.40. The third-order valence-electron chi connectivity index (χ3n) is 4.92. The Hall–Kier alpha value is -1.30. The molecule has 1 aliphatic carbocycles. The lowest BCUT2D eigenvalue weighted by atomic mass is 9.98. The SMILES string of the molecule is O=C(NC[C@H]1CC[C@@H](Oc2ccc(Cl)cc2)[C@@H]1O)C1CCOCC1. The zero-order valence-electron chi connectivity index (χ0n) is 13.6. The Morgan fingerprint density at radius 1 is 1.21 bits per heavy atom. The maximum absolute atomic E-state index is 12.2. The van der Waals surface area contributed by atoms with Gasteiger partial charge in [-0.1, -0.05) is 11.6 Å². The Morgan fingerprint density at radius 3 is 2.62 bits per heavy atom. The second-order valence-electron chi connectivity index (χ2n) is 6.57. The van der Waals surface area contributed by atoms with Crippen LogP contribution in [-0.4, -0.2) is 43.0 Å². The molecule has 0 unspecified atom stereocenters. The van der Waals surface area contributed by atoms with Crippen molar-refractivity contribution >= 4 is 17.5 Å². The molecule has 2 N–H and O–H groups in total. The molecule has 24 heavy (non-hydrogen) atoms. The molecule has 2 aliphatic rings. The largest absolute Gasteiger partial charge is 0.488 e. The molecule has 1 aliphatic heterocycles.